The highest BCUT2D eigenvalue weighted by molar-refractivity contribution is 9.10. The fraction of sp³-hybridized carbons (Fsp3) is 0.455. The fourth-order valence-corrected chi connectivity index (χ4v) is 1.54. The molecule has 1 amide bonds. The minimum absolute atomic E-state index is 0.0406. The van der Waals surface area contributed by atoms with E-state index in [-0.39, 0.29) is 5.91 Å². The quantitative estimate of drug-likeness (QED) is 0.887. The minimum Gasteiger partial charge on any atom is -0.310 e. The highest BCUT2D eigenvalue weighted by Crippen LogP contribution is 2.18. The van der Waals surface area contributed by atoms with Crippen molar-refractivity contribution in [3.05, 3.63) is 22.3 Å². The van der Waals surface area contributed by atoms with Crippen molar-refractivity contribution in [3.8, 4) is 0 Å². The lowest BCUT2D eigenvalue weighted by Crippen LogP contribution is -2.29. The fourth-order valence-electron chi connectivity index (χ4n) is 1.32. The summed E-state index contributed by atoms with van der Waals surface area (Å²) in [5, 5.41) is 5.91. The van der Waals surface area contributed by atoms with E-state index in [1.165, 1.54) is 12.8 Å². The third-order valence-electron chi connectivity index (χ3n) is 2.44. The van der Waals surface area contributed by atoms with Crippen LogP contribution < -0.4 is 10.6 Å². The van der Waals surface area contributed by atoms with Gasteiger partial charge in [-0.15, -0.1) is 0 Å². The number of carbonyl (C=O) groups excluding carboxylic acids is 1. The van der Waals surface area contributed by atoms with E-state index in [2.05, 4.69) is 31.5 Å². The zero-order valence-corrected chi connectivity index (χ0v) is 10.7. The molecule has 0 radical (unpaired) electrons. The summed E-state index contributed by atoms with van der Waals surface area (Å²) in [5.41, 5.74) is 1.06. The summed E-state index contributed by atoms with van der Waals surface area (Å²) in [6.45, 7) is 2.32. The first-order valence-corrected chi connectivity index (χ1v) is 6.10. The average Bonchev–Trinajstić information content (AvgIpc) is 3.04. The van der Waals surface area contributed by atoms with Crippen molar-refractivity contribution in [3.63, 3.8) is 0 Å². The standard InChI is InChI=1S/C11H14BrN3O/c1-7-4-10(14-5-9(7)12)15-11(16)6-13-8-2-3-8/h4-5,8,13H,2-3,6H2,1H3,(H,14,15,16). The van der Waals surface area contributed by atoms with Crippen LogP contribution in [-0.2, 0) is 4.79 Å². The molecule has 16 heavy (non-hydrogen) atoms. The predicted molar refractivity (Wildman–Crippen MR) is 66.3 cm³/mol. The number of aryl methyl sites for hydroxylation is 1. The molecule has 2 N–H and O–H groups in total. The van der Waals surface area contributed by atoms with Gasteiger partial charge in [-0.05, 0) is 47.3 Å². The van der Waals surface area contributed by atoms with Gasteiger partial charge in [0.1, 0.15) is 5.82 Å². The van der Waals surface area contributed by atoms with Gasteiger partial charge in [-0.25, -0.2) is 4.98 Å². The molecule has 1 fully saturated rings. The van der Waals surface area contributed by atoms with Crippen molar-refractivity contribution in [2.45, 2.75) is 25.8 Å². The third kappa shape index (κ3) is 3.28. The first-order chi connectivity index (χ1) is 7.65. The minimum atomic E-state index is -0.0406. The molecule has 1 heterocycles. The number of halogens is 1. The normalized spacial score (nSPS) is 14.9. The molecule has 1 saturated carbocycles. The first kappa shape index (κ1) is 11.5. The Bertz CT molecular complexity index is 404. The zero-order chi connectivity index (χ0) is 11.5. The number of rotatable bonds is 4. The van der Waals surface area contributed by atoms with Crippen LogP contribution in [0.1, 0.15) is 18.4 Å². The van der Waals surface area contributed by atoms with Gasteiger partial charge in [0.25, 0.3) is 0 Å². The molecule has 0 saturated heterocycles. The summed E-state index contributed by atoms with van der Waals surface area (Å²) in [6.07, 6.45) is 4.06. The Morgan fingerprint density at radius 2 is 2.38 bits per heavy atom. The second kappa shape index (κ2) is 4.93. The van der Waals surface area contributed by atoms with Crippen molar-refractivity contribution >= 4 is 27.7 Å². The van der Waals surface area contributed by atoms with Crippen LogP contribution in [0.3, 0.4) is 0 Å². The maximum Gasteiger partial charge on any atom is 0.239 e. The molecule has 1 aliphatic carbocycles. The SMILES string of the molecule is Cc1cc(NC(=O)CNC2CC2)ncc1Br. The predicted octanol–water partition coefficient (Wildman–Crippen LogP) is 1.84. The van der Waals surface area contributed by atoms with Gasteiger partial charge in [0.2, 0.25) is 5.91 Å². The van der Waals surface area contributed by atoms with Gasteiger partial charge in [-0.1, -0.05) is 0 Å². The van der Waals surface area contributed by atoms with E-state index in [4.69, 9.17) is 0 Å². The highest BCUT2D eigenvalue weighted by atomic mass is 79.9. The zero-order valence-electron chi connectivity index (χ0n) is 9.09. The van der Waals surface area contributed by atoms with Crippen molar-refractivity contribution < 1.29 is 4.79 Å². The molecule has 4 nitrogen and oxygen atoms in total. The molecular weight excluding hydrogens is 270 g/mol. The van der Waals surface area contributed by atoms with Gasteiger partial charge in [-0.3, -0.25) is 4.79 Å². The van der Waals surface area contributed by atoms with Gasteiger partial charge < -0.3 is 10.6 Å². The summed E-state index contributed by atoms with van der Waals surface area (Å²) in [4.78, 5) is 15.6. The van der Waals surface area contributed by atoms with Gasteiger partial charge in [0.05, 0.1) is 6.54 Å². The van der Waals surface area contributed by atoms with Crippen LogP contribution in [0, 0.1) is 6.92 Å². The number of aromatic nitrogens is 1. The molecule has 0 atom stereocenters. The first-order valence-electron chi connectivity index (χ1n) is 5.30. The number of amides is 1. The second-order valence-electron chi connectivity index (χ2n) is 4.02. The average molecular weight is 284 g/mol. The van der Waals surface area contributed by atoms with E-state index in [1.54, 1.807) is 6.20 Å². The van der Waals surface area contributed by atoms with Crippen molar-refractivity contribution in [1.29, 1.82) is 0 Å². The van der Waals surface area contributed by atoms with Crippen molar-refractivity contribution in [1.82, 2.24) is 10.3 Å². The van der Waals surface area contributed by atoms with E-state index >= 15 is 0 Å². The molecule has 86 valence electrons. The Labute approximate surface area is 103 Å². The largest absolute Gasteiger partial charge is 0.310 e. The van der Waals surface area contributed by atoms with Crippen molar-refractivity contribution in [2.75, 3.05) is 11.9 Å². The molecule has 0 bridgehead atoms. The lowest BCUT2D eigenvalue weighted by Gasteiger charge is -2.06. The summed E-state index contributed by atoms with van der Waals surface area (Å²) < 4.78 is 0.946. The Kier molecular flexibility index (Phi) is 3.56. The van der Waals surface area contributed by atoms with E-state index < -0.39 is 0 Å². The molecule has 1 aromatic rings. The molecule has 0 spiro atoms. The highest BCUT2D eigenvalue weighted by Gasteiger charge is 2.21. The second-order valence-corrected chi connectivity index (χ2v) is 4.88. The molecular formula is C11H14BrN3O. The van der Waals surface area contributed by atoms with Crippen LogP contribution >= 0.6 is 15.9 Å². The van der Waals surface area contributed by atoms with Crippen LogP contribution in [0.2, 0.25) is 0 Å². The molecule has 1 aliphatic rings. The Hall–Kier alpha value is -0.940. The smallest absolute Gasteiger partial charge is 0.239 e. The molecule has 1 aromatic heterocycles. The lowest BCUT2D eigenvalue weighted by molar-refractivity contribution is -0.115. The Balaban J connectivity index is 1.86. The van der Waals surface area contributed by atoms with Crippen LogP contribution in [-0.4, -0.2) is 23.5 Å². The topological polar surface area (TPSA) is 54.0 Å². The van der Waals surface area contributed by atoms with Gasteiger partial charge >= 0.3 is 0 Å². The number of hydrogen-bond donors (Lipinski definition) is 2. The number of hydrogen-bond acceptors (Lipinski definition) is 3. The number of pyridine rings is 1. The summed E-state index contributed by atoms with van der Waals surface area (Å²) in [7, 11) is 0. The van der Waals surface area contributed by atoms with Crippen LogP contribution in [0.4, 0.5) is 5.82 Å². The van der Waals surface area contributed by atoms with Crippen LogP contribution in [0.15, 0.2) is 16.7 Å². The van der Waals surface area contributed by atoms with Crippen LogP contribution in [0.25, 0.3) is 0 Å². The molecule has 0 aromatic carbocycles. The summed E-state index contributed by atoms with van der Waals surface area (Å²) in [6, 6.07) is 2.39. The summed E-state index contributed by atoms with van der Waals surface area (Å²) >= 11 is 3.37. The van der Waals surface area contributed by atoms with E-state index in [0.717, 1.165) is 10.0 Å². The van der Waals surface area contributed by atoms with Gasteiger partial charge in [-0.2, -0.15) is 0 Å². The Morgan fingerprint density at radius 3 is 3.00 bits per heavy atom. The maximum atomic E-state index is 11.5. The molecule has 0 aliphatic heterocycles. The van der Waals surface area contributed by atoms with E-state index in [0.29, 0.717) is 18.4 Å². The lowest BCUT2D eigenvalue weighted by atomic mass is 10.3. The van der Waals surface area contributed by atoms with E-state index in [1.807, 2.05) is 13.0 Å². The summed E-state index contributed by atoms with van der Waals surface area (Å²) in [5.74, 6) is 0.560. The number of anilines is 1. The molecule has 5 heteroatoms. The van der Waals surface area contributed by atoms with Crippen molar-refractivity contribution in [2.24, 2.45) is 0 Å². The van der Waals surface area contributed by atoms with Gasteiger partial charge in [0.15, 0.2) is 0 Å². The van der Waals surface area contributed by atoms with Crippen LogP contribution in [0.5, 0.6) is 0 Å². The third-order valence-corrected chi connectivity index (χ3v) is 3.27. The number of nitrogens with zero attached hydrogens (tertiary/aromatic N) is 1. The molecule has 0 unspecified atom stereocenters. The number of carbonyl (C=O) groups is 1. The van der Waals surface area contributed by atoms with Gasteiger partial charge in [0, 0.05) is 16.7 Å². The number of nitrogens with one attached hydrogen (secondary N) is 2. The Morgan fingerprint density at radius 1 is 1.62 bits per heavy atom. The monoisotopic (exact) mass is 283 g/mol. The van der Waals surface area contributed by atoms with E-state index in [9.17, 15) is 4.79 Å². The molecule has 2 rings (SSSR count). The maximum absolute atomic E-state index is 11.5.